The normalized spacial score (nSPS) is 44.0. The Bertz CT molecular complexity index is 1380. The molecule has 6 rings (SSSR count). The molecule has 1 N–H and O–H groups in total. The molecule has 4 saturated carbocycles. The van der Waals surface area contributed by atoms with E-state index in [1.54, 1.807) is 7.11 Å². The van der Waals surface area contributed by atoms with Crippen LogP contribution in [0.5, 0.6) is 0 Å². The van der Waals surface area contributed by atoms with Crippen LogP contribution in [0.4, 0.5) is 4.79 Å². The Morgan fingerprint density at radius 1 is 0.978 bits per heavy atom. The smallest absolute Gasteiger partial charge is 0.336 e. The molecule has 0 unspecified atom stereocenters. The minimum absolute atomic E-state index is 0.00537. The molecule has 0 radical (unpaired) electrons. The standard InChI is InChI=1S/C36H52N2O6S/c1-31(2)15-17-36(29(41)43-8)18-16-34(6)21(22(36)20-31)9-10-25-33(5)13-12-26(32(3,4)24(33)11-14-35(25,34)7)38-44-27(39)19-23-28(40)37-30(42)45-23/h9,22-25H,10-20H2,1-8H3,(H,37,40,42)/b38-26-/t22-,23-,24-,25-,33-,34+,35+,36-/m0/s1. The highest BCUT2D eigenvalue weighted by atomic mass is 32.2. The first kappa shape index (κ1) is 32.8. The second-order valence-corrected chi connectivity index (χ2v) is 18.3. The van der Waals surface area contributed by atoms with Crippen molar-refractivity contribution in [2.24, 2.45) is 55.4 Å². The van der Waals surface area contributed by atoms with E-state index in [2.05, 4.69) is 65.0 Å². The van der Waals surface area contributed by atoms with Crippen LogP contribution in [0.2, 0.25) is 0 Å². The predicted octanol–water partition coefficient (Wildman–Crippen LogP) is 7.60. The van der Waals surface area contributed by atoms with Crippen LogP contribution in [0.25, 0.3) is 0 Å². The van der Waals surface area contributed by atoms with Crippen molar-refractivity contribution < 1.29 is 28.8 Å². The monoisotopic (exact) mass is 640 g/mol. The van der Waals surface area contributed by atoms with Crippen molar-refractivity contribution in [3.63, 3.8) is 0 Å². The predicted molar refractivity (Wildman–Crippen MR) is 174 cm³/mol. The van der Waals surface area contributed by atoms with E-state index in [1.165, 1.54) is 5.57 Å². The Hall–Kier alpha value is -2.16. The number of ether oxygens (including phenoxy) is 1. The lowest BCUT2D eigenvalue weighted by molar-refractivity contribution is -0.181. The minimum Gasteiger partial charge on any atom is -0.469 e. The van der Waals surface area contributed by atoms with Crippen molar-refractivity contribution in [1.82, 2.24) is 5.32 Å². The Balaban J connectivity index is 1.26. The molecule has 0 bridgehead atoms. The fourth-order valence-electron chi connectivity index (χ4n) is 11.6. The van der Waals surface area contributed by atoms with Gasteiger partial charge in [0.05, 0.1) is 24.7 Å². The Labute approximate surface area is 272 Å². The van der Waals surface area contributed by atoms with Gasteiger partial charge >= 0.3 is 11.9 Å². The summed E-state index contributed by atoms with van der Waals surface area (Å²) in [4.78, 5) is 54.9. The summed E-state index contributed by atoms with van der Waals surface area (Å²) >= 11 is 0.827. The lowest BCUT2D eigenvalue weighted by Crippen LogP contribution is -2.64. The van der Waals surface area contributed by atoms with Crippen LogP contribution < -0.4 is 5.32 Å². The SMILES string of the molecule is COC(=O)[C@]12CCC(C)(C)C[C@H]1C1=CC[C@H]3[C@@]4(C)CC/C(=N/OC(=O)C[C@@H]5SC(=O)NC5=O)C(C)(C)[C@@H]4CC[C@@]3(C)[C@]1(C)CC2. The van der Waals surface area contributed by atoms with E-state index in [1.807, 2.05) is 0 Å². The van der Waals surface area contributed by atoms with Gasteiger partial charge in [0, 0.05) is 5.41 Å². The maximum absolute atomic E-state index is 13.5. The number of amides is 2. The molecule has 8 atom stereocenters. The number of imide groups is 1. The number of carbonyl (C=O) groups is 4. The maximum Gasteiger partial charge on any atom is 0.336 e. The molecule has 1 saturated heterocycles. The van der Waals surface area contributed by atoms with Crippen molar-refractivity contribution in [2.75, 3.05) is 7.11 Å². The number of esters is 1. The number of methoxy groups -OCH3 is 1. The van der Waals surface area contributed by atoms with Crippen molar-refractivity contribution in [3.8, 4) is 0 Å². The lowest BCUT2D eigenvalue weighted by Gasteiger charge is -2.70. The highest BCUT2D eigenvalue weighted by Crippen LogP contribution is 2.75. The average molecular weight is 641 g/mol. The summed E-state index contributed by atoms with van der Waals surface area (Å²) in [7, 11) is 1.56. The minimum atomic E-state index is -0.758. The van der Waals surface area contributed by atoms with Gasteiger partial charge < -0.3 is 9.57 Å². The van der Waals surface area contributed by atoms with E-state index < -0.39 is 27.8 Å². The number of carbonyl (C=O) groups excluding carboxylic acids is 4. The molecule has 45 heavy (non-hydrogen) atoms. The van der Waals surface area contributed by atoms with Crippen LogP contribution in [-0.4, -0.2) is 41.2 Å². The fourth-order valence-corrected chi connectivity index (χ4v) is 12.4. The molecule has 9 heteroatoms. The van der Waals surface area contributed by atoms with E-state index in [9.17, 15) is 19.2 Å². The first-order valence-corrected chi connectivity index (χ1v) is 17.9. The lowest BCUT2D eigenvalue weighted by atomic mass is 9.33. The highest BCUT2D eigenvalue weighted by molar-refractivity contribution is 8.15. The van der Waals surface area contributed by atoms with Crippen molar-refractivity contribution in [2.45, 2.75) is 124 Å². The second kappa shape index (κ2) is 10.7. The zero-order valence-corrected chi connectivity index (χ0v) is 29.3. The third-order valence-corrected chi connectivity index (χ3v) is 15.4. The van der Waals surface area contributed by atoms with E-state index in [4.69, 9.17) is 9.57 Å². The van der Waals surface area contributed by atoms with E-state index in [-0.39, 0.29) is 45.4 Å². The van der Waals surface area contributed by atoms with Gasteiger partial charge in [0.2, 0.25) is 5.91 Å². The zero-order valence-electron chi connectivity index (χ0n) is 28.5. The third-order valence-electron chi connectivity index (χ3n) is 14.4. The molecule has 1 aliphatic heterocycles. The van der Waals surface area contributed by atoms with Crippen LogP contribution >= 0.6 is 11.8 Å². The van der Waals surface area contributed by atoms with Gasteiger partial charge in [-0.15, -0.1) is 0 Å². The van der Waals surface area contributed by atoms with Crippen LogP contribution in [0.3, 0.4) is 0 Å². The van der Waals surface area contributed by atoms with Gasteiger partial charge in [-0.1, -0.05) is 77.0 Å². The number of fused-ring (bicyclic) bond motifs is 7. The molecule has 5 aliphatic carbocycles. The Kier molecular flexibility index (Phi) is 7.78. The zero-order chi connectivity index (χ0) is 32.8. The Morgan fingerprint density at radius 2 is 1.69 bits per heavy atom. The van der Waals surface area contributed by atoms with Gasteiger partial charge in [0.25, 0.3) is 5.24 Å². The molecule has 0 aromatic carbocycles. The summed E-state index contributed by atoms with van der Waals surface area (Å²) < 4.78 is 5.52. The molecule has 0 aromatic rings. The van der Waals surface area contributed by atoms with Crippen LogP contribution in [0.15, 0.2) is 16.8 Å². The first-order chi connectivity index (χ1) is 20.9. The van der Waals surface area contributed by atoms with Crippen LogP contribution in [-0.2, 0) is 24.0 Å². The van der Waals surface area contributed by atoms with E-state index in [0.717, 1.165) is 81.7 Å². The molecule has 6 aliphatic rings. The molecule has 5 fully saturated rings. The van der Waals surface area contributed by atoms with E-state index in [0.29, 0.717) is 11.8 Å². The molecular formula is C36H52N2O6S. The summed E-state index contributed by atoms with van der Waals surface area (Å²) in [5.41, 5.74) is 2.22. The summed E-state index contributed by atoms with van der Waals surface area (Å²) in [6.45, 7) is 16.8. The molecule has 8 nitrogen and oxygen atoms in total. The summed E-state index contributed by atoms with van der Waals surface area (Å²) in [5, 5.41) is 5.45. The molecule has 2 amide bonds. The van der Waals surface area contributed by atoms with Gasteiger partial charge in [-0.3, -0.25) is 19.7 Å². The number of hydrogen-bond donors (Lipinski definition) is 1. The van der Waals surface area contributed by atoms with Crippen molar-refractivity contribution in [1.29, 1.82) is 0 Å². The highest BCUT2D eigenvalue weighted by Gasteiger charge is 2.69. The number of hydrogen-bond acceptors (Lipinski definition) is 8. The largest absolute Gasteiger partial charge is 0.469 e. The molecule has 1 heterocycles. The van der Waals surface area contributed by atoms with Gasteiger partial charge in [-0.05, 0) is 104 Å². The van der Waals surface area contributed by atoms with Gasteiger partial charge in [0.15, 0.2) is 0 Å². The topological polar surface area (TPSA) is 111 Å². The molecule has 0 aromatic heterocycles. The molecular weight excluding hydrogens is 588 g/mol. The maximum atomic E-state index is 13.5. The number of rotatable bonds is 4. The third kappa shape index (κ3) is 4.78. The number of allylic oxidation sites excluding steroid dienone is 2. The fraction of sp³-hybridized carbons (Fsp3) is 0.806. The molecule has 0 spiro atoms. The first-order valence-electron chi connectivity index (χ1n) is 17.0. The van der Waals surface area contributed by atoms with Crippen LogP contribution in [0, 0.1) is 50.2 Å². The van der Waals surface area contributed by atoms with Crippen molar-refractivity contribution >= 4 is 40.6 Å². The molecule has 248 valence electrons. The summed E-state index contributed by atoms with van der Waals surface area (Å²) in [6.07, 6.45) is 12.3. The van der Waals surface area contributed by atoms with Gasteiger partial charge in [-0.25, -0.2) is 4.79 Å². The number of nitrogens with one attached hydrogen (secondary N) is 1. The van der Waals surface area contributed by atoms with E-state index >= 15 is 0 Å². The summed E-state index contributed by atoms with van der Waals surface area (Å²) in [6, 6.07) is 0. The number of thioether (sulfide) groups is 1. The second-order valence-electron chi connectivity index (χ2n) is 17.2. The Morgan fingerprint density at radius 3 is 2.36 bits per heavy atom. The summed E-state index contributed by atoms with van der Waals surface area (Å²) in [5.74, 6) is 0.0713. The van der Waals surface area contributed by atoms with Crippen molar-refractivity contribution in [3.05, 3.63) is 11.6 Å². The quantitative estimate of drug-likeness (QED) is 0.146. The van der Waals surface area contributed by atoms with Crippen LogP contribution in [0.1, 0.15) is 119 Å². The number of oxime groups is 1. The van der Waals surface area contributed by atoms with Gasteiger partial charge in [-0.2, -0.15) is 0 Å². The average Bonchev–Trinajstić information content (AvgIpc) is 3.27. The van der Waals surface area contributed by atoms with Gasteiger partial charge in [0.1, 0.15) is 5.25 Å². The number of nitrogens with zero attached hydrogens (tertiary/aromatic N) is 1.